The molecular weight excluding hydrogens is 138 g/mol. The van der Waals surface area contributed by atoms with E-state index in [1.165, 1.54) is 32.1 Å². The summed E-state index contributed by atoms with van der Waals surface area (Å²) in [7, 11) is 0. The molecule has 0 radical (unpaired) electrons. The van der Waals surface area contributed by atoms with Crippen molar-refractivity contribution in [2.24, 2.45) is 5.73 Å². The first-order valence-electron chi connectivity index (χ1n) is 4.70. The van der Waals surface area contributed by atoms with Crippen molar-refractivity contribution in [2.45, 2.75) is 50.2 Å². The summed E-state index contributed by atoms with van der Waals surface area (Å²) in [5.74, 6) is 0. The van der Waals surface area contributed by atoms with E-state index in [0.29, 0.717) is 6.04 Å². The Morgan fingerprint density at radius 2 is 1.91 bits per heavy atom. The Labute approximate surface area is 68.1 Å². The van der Waals surface area contributed by atoms with Gasteiger partial charge < -0.3 is 10.5 Å². The average molecular weight is 155 g/mol. The van der Waals surface area contributed by atoms with Gasteiger partial charge in [-0.3, -0.25) is 0 Å². The van der Waals surface area contributed by atoms with E-state index in [-0.39, 0.29) is 5.60 Å². The van der Waals surface area contributed by atoms with Crippen LogP contribution in [0.4, 0.5) is 0 Å². The van der Waals surface area contributed by atoms with Crippen LogP contribution in [-0.2, 0) is 4.74 Å². The molecule has 0 aromatic rings. The van der Waals surface area contributed by atoms with Gasteiger partial charge in [-0.1, -0.05) is 19.3 Å². The van der Waals surface area contributed by atoms with Crippen LogP contribution in [0, 0.1) is 0 Å². The first kappa shape index (κ1) is 7.56. The third-order valence-corrected chi connectivity index (χ3v) is 3.00. The van der Waals surface area contributed by atoms with Crippen molar-refractivity contribution >= 4 is 0 Å². The molecule has 0 aromatic heterocycles. The molecule has 0 aromatic carbocycles. The largest absolute Gasteiger partial charge is 0.373 e. The van der Waals surface area contributed by atoms with Gasteiger partial charge in [0.15, 0.2) is 0 Å². The molecular formula is C9H17NO. The van der Waals surface area contributed by atoms with Gasteiger partial charge in [-0.2, -0.15) is 0 Å². The van der Waals surface area contributed by atoms with Gasteiger partial charge in [-0.05, 0) is 19.3 Å². The molecule has 2 nitrogen and oxygen atoms in total. The predicted octanol–water partition coefficient (Wildman–Crippen LogP) is 1.44. The minimum Gasteiger partial charge on any atom is -0.373 e. The van der Waals surface area contributed by atoms with Crippen LogP contribution in [0.2, 0.25) is 0 Å². The lowest BCUT2D eigenvalue weighted by Crippen LogP contribution is -2.31. The van der Waals surface area contributed by atoms with Crippen molar-refractivity contribution in [3.63, 3.8) is 0 Å². The monoisotopic (exact) mass is 155 g/mol. The lowest BCUT2D eigenvalue weighted by atomic mass is 9.82. The summed E-state index contributed by atoms with van der Waals surface area (Å²) in [6.45, 7) is 0.792. The molecule has 2 fully saturated rings. The Morgan fingerprint density at radius 1 is 1.18 bits per heavy atom. The van der Waals surface area contributed by atoms with Gasteiger partial charge in [0, 0.05) is 6.04 Å². The summed E-state index contributed by atoms with van der Waals surface area (Å²) < 4.78 is 5.77. The molecule has 2 rings (SSSR count). The molecule has 1 aliphatic heterocycles. The van der Waals surface area contributed by atoms with Gasteiger partial charge in [-0.15, -0.1) is 0 Å². The van der Waals surface area contributed by atoms with Gasteiger partial charge in [0.1, 0.15) is 0 Å². The fraction of sp³-hybridized carbons (Fsp3) is 1.00. The summed E-state index contributed by atoms with van der Waals surface area (Å²) in [4.78, 5) is 0. The van der Waals surface area contributed by atoms with E-state index in [1.54, 1.807) is 0 Å². The SMILES string of the molecule is N[C@@H]1COC2(CCCCC2)C1. The van der Waals surface area contributed by atoms with Crippen molar-refractivity contribution in [2.75, 3.05) is 6.61 Å². The molecule has 2 heteroatoms. The second-order valence-electron chi connectivity index (χ2n) is 4.02. The smallest absolute Gasteiger partial charge is 0.0699 e. The molecule has 0 unspecified atom stereocenters. The Bertz CT molecular complexity index is 135. The van der Waals surface area contributed by atoms with Crippen LogP contribution in [0.5, 0.6) is 0 Å². The molecule has 0 amide bonds. The highest BCUT2D eigenvalue weighted by atomic mass is 16.5. The molecule has 11 heavy (non-hydrogen) atoms. The summed E-state index contributed by atoms with van der Waals surface area (Å²) in [5, 5.41) is 0. The Hall–Kier alpha value is -0.0800. The number of hydrogen-bond acceptors (Lipinski definition) is 2. The molecule has 2 aliphatic rings. The first-order chi connectivity index (χ1) is 5.31. The standard InChI is InChI=1S/C9H17NO/c10-8-6-9(11-7-8)4-2-1-3-5-9/h8H,1-7,10H2/t8-/m0/s1. The molecule has 1 saturated heterocycles. The van der Waals surface area contributed by atoms with E-state index in [9.17, 15) is 0 Å². The minimum absolute atomic E-state index is 0.220. The molecule has 1 spiro atoms. The topological polar surface area (TPSA) is 35.2 Å². The zero-order chi connectivity index (χ0) is 7.73. The summed E-state index contributed by atoms with van der Waals surface area (Å²) in [6, 6.07) is 0.313. The van der Waals surface area contributed by atoms with E-state index in [1.807, 2.05) is 0 Å². The van der Waals surface area contributed by atoms with Gasteiger partial charge in [-0.25, -0.2) is 0 Å². The molecule has 1 atom stereocenters. The lowest BCUT2D eigenvalue weighted by Gasteiger charge is -2.32. The van der Waals surface area contributed by atoms with E-state index in [2.05, 4.69) is 0 Å². The third-order valence-electron chi connectivity index (χ3n) is 3.00. The molecule has 1 heterocycles. The normalized spacial score (nSPS) is 36.3. The number of rotatable bonds is 0. The van der Waals surface area contributed by atoms with Crippen LogP contribution >= 0.6 is 0 Å². The highest BCUT2D eigenvalue weighted by Gasteiger charge is 2.39. The third kappa shape index (κ3) is 1.42. The van der Waals surface area contributed by atoms with Crippen LogP contribution < -0.4 is 5.73 Å². The Morgan fingerprint density at radius 3 is 2.45 bits per heavy atom. The fourth-order valence-corrected chi connectivity index (χ4v) is 2.42. The van der Waals surface area contributed by atoms with E-state index < -0.39 is 0 Å². The van der Waals surface area contributed by atoms with Crippen molar-refractivity contribution in [1.82, 2.24) is 0 Å². The minimum atomic E-state index is 0.220. The van der Waals surface area contributed by atoms with E-state index in [4.69, 9.17) is 10.5 Å². The molecule has 0 bridgehead atoms. The summed E-state index contributed by atoms with van der Waals surface area (Å²) in [5.41, 5.74) is 6.04. The maximum Gasteiger partial charge on any atom is 0.0699 e. The lowest BCUT2D eigenvalue weighted by molar-refractivity contribution is -0.0244. The molecule has 2 N–H and O–H groups in total. The van der Waals surface area contributed by atoms with Crippen molar-refractivity contribution < 1.29 is 4.74 Å². The number of hydrogen-bond donors (Lipinski definition) is 1. The summed E-state index contributed by atoms with van der Waals surface area (Å²) >= 11 is 0. The van der Waals surface area contributed by atoms with Crippen molar-refractivity contribution in [3.8, 4) is 0 Å². The van der Waals surface area contributed by atoms with Gasteiger partial charge in [0.2, 0.25) is 0 Å². The number of ether oxygens (including phenoxy) is 1. The van der Waals surface area contributed by atoms with Crippen LogP contribution in [0.25, 0.3) is 0 Å². The summed E-state index contributed by atoms with van der Waals surface area (Å²) in [6.07, 6.45) is 7.67. The highest BCUT2D eigenvalue weighted by molar-refractivity contribution is 4.92. The first-order valence-corrected chi connectivity index (χ1v) is 4.70. The van der Waals surface area contributed by atoms with Crippen molar-refractivity contribution in [3.05, 3.63) is 0 Å². The van der Waals surface area contributed by atoms with E-state index in [0.717, 1.165) is 13.0 Å². The van der Waals surface area contributed by atoms with Crippen LogP contribution in [0.15, 0.2) is 0 Å². The number of nitrogens with two attached hydrogens (primary N) is 1. The quantitative estimate of drug-likeness (QED) is 0.574. The Balaban J connectivity index is 1.98. The molecule has 1 saturated carbocycles. The van der Waals surface area contributed by atoms with Crippen LogP contribution in [0.3, 0.4) is 0 Å². The van der Waals surface area contributed by atoms with Crippen LogP contribution in [-0.4, -0.2) is 18.2 Å². The average Bonchev–Trinajstić information content (AvgIpc) is 2.34. The van der Waals surface area contributed by atoms with Crippen LogP contribution in [0.1, 0.15) is 38.5 Å². The van der Waals surface area contributed by atoms with Crippen molar-refractivity contribution in [1.29, 1.82) is 0 Å². The molecule has 64 valence electrons. The van der Waals surface area contributed by atoms with Gasteiger partial charge in [0.05, 0.1) is 12.2 Å². The second-order valence-corrected chi connectivity index (χ2v) is 4.02. The van der Waals surface area contributed by atoms with Gasteiger partial charge >= 0.3 is 0 Å². The highest BCUT2D eigenvalue weighted by Crippen LogP contribution is 2.38. The maximum absolute atomic E-state index is 5.82. The maximum atomic E-state index is 5.82. The molecule has 1 aliphatic carbocycles. The zero-order valence-electron chi connectivity index (χ0n) is 7.01. The fourth-order valence-electron chi connectivity index (χ4n) is 2.42. The zero-order valence-corrected chi connectivity index (χ0v) is 7.01. The Kier molecular flexibility index (Phi) is 1.90. The van der Waals surface area contributed by atoms with Gasteiger partial charge in [0.25, 0.3) is 0 Å². The second kappa shape index (κ2) is 2.76. The predicted molar refractivity (Wildman–Crippen MR) is 44.4 cm³/mol. The van der Waals surface area contributed by atoms with E-state index >= 15 is 0 Å².